The quantitative estimate of drug-likeness (QED) is 0.811. The van der Waals surface area contributed by atoms with E-state index in [0.717, 1.165) is 5.69 Å². The molecule has 1 aromatic rings. The molecular formula is C14H20N2O4. The molecule has 1 aliphatic rings. The van der Waals surface area contributed by atoms with Crippen LogP contribution in [0.25, 0.3) is 0 Å². The maximum atomic E-state index is 12.3. The molecule has 1 aromatic heterocycles. The van der Waals surface area contributed by atoms with Gasteiger partial charge in [0.25, 0.3) is 5.91 Å². The van der Waals surface area contributed by atoms with E-state index in [9.17, 15) is 9.59 Å². The van der Waals surface area contributed by atoms with Crippen LogP contribution in [0.15, 0.2) is 12.3 Å². The third kappa shape index (κ3) is 3.19. The Kier molecular flexibility index (Phi) is 4.44. The van der Waals surface area contributed by atoms with Crippen molar-refractivity contribution in [1.29, 1.82) is 0 Å². The van der Waals surface area contributed by atoms with Gasteiger partial charge in [0, 0.05) is 25.1 Å². The second-order valence-corrected chi connectivity index (χ2v) is 5.12. The third-order valence-electron chi connectivity index (χ3n) is 3.74. The Morgan fingerprint density at radius 1 is 1.45 bits per heavy atom. The van der Waals surface area contributed by atoms with Crippen LogP contribution in [0.5, 0.6) is 0 Å². The maximum Gasteiger partial charge on any atom is 0.307 e. The van der Waals surface area contributed by atoms with Crippen molar-refractivity contribution in [3.63, 3.8) is 0 Å². The van der Waals surface area contributed by atoms with E-state index >= 15 is 0 Å². The number of carbonyl (C=O) groups is 2. The fourth-order valence-electron chi connectivity index (χ4n) is 2.46. The van der Waals surface area contributed by atoms with Crippen molar-refractivity contribution in [1.82, 2.24) is 10.3 Å². The molecule has 110 valence electrons. The average molecular weight is 280 g/mol. The number of hydrogen-bond acceptors (Lipinski definition) is 4. The summed E-state index contributed by atoms with van der Waals surface area (Å²) in [7, 11) is 1.35. The van der Waals surface area contributed by atoms with Gasteiger partial charge in [-0.3, -0.25) is 9.59 Å². The molecule has 20 heavy (non-hydrogen) atoms. The number of hydrogen-bond donors (Lipinski definition) is 2. The molecule has 0 unspecified atom stereocenters. The van der Waals surface area contributed by atoms with Gasteiger partial charge in [0.2, 0.25) is 0 Å². The lowest BCUT2D eigenvalue weighted by molar-refractivity contribution is -0.143. The molecule has 0 bridgehead atoms. The number of carbonyl (C=O) groups excluding carboxylic acids is 2. The molecule has 2 heterocycles. The SMILES string of the molecule is COC(=O)CC1(NC(=O)c2cc[nH]c2C)CCOCC1. The Balaban J connectivity index is 2.13. The Hall–Kier alpha value is -1.82. The first-order valence-corrected chi connectivity index (χ1v) is 6.67. The van der Waals surface area contributed by atoms with Crippen LogP contribution >= 0.6 is 0 Å². The first-order chi connectivity index (χ1) is 9.56. The standard InChI is InChI=1S/C14H20N2O4/c1-10-11(3-6-15-10)13(18)16-14(9-12(17)19-2)4-7-20-8-5-14/h3,6,15H,4-5,7-9H2,1-2H3,(H,16,18). The van der Waals surface area contributed by atoms with Crippen LogP contribution in [-0.2, 0) is 14.3 Å². The van der Waals surface area contributed by atoms with Crippen LogP contribution in [0.2, 0.25) is 0 Å². The predicted molar refractivity (Wildman–Crippen MR) is 72.4 cm³/mol. The lowest BCUT2D eigenvalue weighted by atomic mass is 9.86. The number of amides is 1. The molecule has 2 N–H and O–H groups in total. The highest BCUT2D eigenvalue weighted by molar-refractivity contribution is 5.96. The van der Waals surface area contributed by atoms with Crippen molar-refractivity contribution in [2.75, 3.05) is 20.3 Å². The molecule has 0 radical (unpaired) electrons. The molecule has 6 heteroatoms. The number of aromatic nitrogens is 1. The van der Waals surface area contributed by atoms with Crippen LogP contribution in [0, 0.1) is 6.92 Å². The number of ether oxygens (including phenoxy) is 2. The molecule has 1 amide bonds. The molecule has 0 spiro atoms. The molecule has 0 saturated carbocycles. The van der Waals surface area contributed by atoms with Gasteiger partial charge in [-0.15, -0.1) is 0 Å². The van der Waals surface area contributed by atoms with E-state index in [1.54, 1.807) is 12.3 Å². The van der Waals surface area contributed by atoms with Crippen LogP contribution < -0.4 is 5.32 Å². The number of methoxy groups -OCH3 is 1. The van der Waals surface area contributed by atoms with Gasteiger partial charge in [0.1, 0.15) is 0 Å². The lowest BCUT2D eigenvalue weighted by Gasteiger charge is -2.37. The summed E-state index contributed by atoms with van der Waals surface area (Å²) in [4.78, 5) is 26.9. The van der Waals surface area contributed by atoms with E-state index in [1.807, 2.05) is 6.92 Å². The van der Waals surface area contributed by atoms with E-state index in [4.69, 9.17) is 9.47 Å². The van der Waals surface area contributed by atoms with Gasteiger partial charge < -0.3 is 19.8 Å². The summed E-state index contributed by atoms with van der Waals surface area (Å²) >= 11 is 0. The Labute approximate surface area is 117 Å². The predicted octanol–water partition coefficient (Wildman–Crippen LogP) is 1.17. The van der Waals surface area contributed by atoms with Gasteiger partial charge in [-0.1, -0.05) is 0 Å². The summed E-state index contributed by atoms with van der Waals surface area (Å²) in [5.41, 5.74) is 0.829. The minimum Gasteiger partial charge on any atom is -0.469 e. The Morgan fingerprint density at radius 3 is 2.70 bits per heavy atom. The summed E-state index contributed by atoms with van der Waals surface area (Å²) in [5.74, 6) is -0.493. The van der Waals surface area contributed by atoms with Crippen LogP contribution in [0.1, 0.15) is 35.3 Å². The number of aryl methyl sites for hydroxylation is 1. The van der Waals surface area contributed by atoms with Gasteiger partial charge >= 0.3 is 5.97 Å². The molecule has 1 saturated heterocycles. The molecular weight excluding hydrogens is 260 g/mol. The maximum absolute atomic E-state index is 12.3. The minimum atomic E-state index is -0.577. The number of nitrogens with one attached hydrogen (secondary N) is 2. The minimum absolute atomic E-state index is 0.169. The van der Waals surface area contributed by atoms with Crippen molar-refractivity contribution in [3.05, 3.63) is 23.5 Å². The summed E-state index contributed by atoms with van der Waals surface area (Å²) in [5, 5.41) is 3.00. The van der Waals surface area contributed by atoms with Crippen molar-refractivity contribution in [3.8, 4) is 0 Å². The molecule has 0 aromatic carbocycles. The zero-order valence-corrected chi connectivity index (χ0v) is 11.8. The highest BCUT2D eigenvalue weighted by Crippen LogP contribution is 2.26. The van der Waals surface area contributed by atoms with Gasteiger partial charge in [0.05, 0.1) is 24.6 Å². The van der Waals surface area contributed by atoms with Crippen LogP contribution in [0.4, 0.5) is 0 Å². The van der Waals surface area contributed by atoms with Crippen LogP contribution in [-0.4, -0.2) is 42.7 Å². The van der Waals surface area contributed by atoms with E-state index in [2.05, 4.69) is 10.3 Å². The van der Waals surface area contributed by atoms with Gasteiger partial charge in [-0.2, -0.15) is 0 Å². The summed E-state index contributed by atoms with van der Waals surface area (Å²) in [6, 6.07) is 1.73. The van der Waals surface area contributed by atoms with Crippen molar-refractivity contribution < 1.29 is 19.1 Å². The second kappa shape index (κ2) is 6.09. The Bertz CT molecular complexity index is 489. The zero-order valence-electron chi connectivity index (χ0n) is 11.8. The number of H-pyrrole nitrogens is 1. The van der Waals surface area contributed by atoms with E-state index in [-0.39, 0.29) is 18.3 Å². The fraction of sp³-hybridized carbons (Fsp3) is 0.571. The van der Waals surface area contributed by atoms with Gasteiger partial charge in [-0.05, 0) is 25.8 Å². The fourth-order valence-corrected chi connectivity index (χ4v) is 2.46. The lowest BCUT2D eigenvalue weighted by Crippen LogP contribution is -2.53. The summed E-state index contributed by atoms with van der Waals surface area (Å²) < 4.78 is 10.1. The van der Waals surface area contributed by atoms with E-state index in [1.165, 1.54) is 7.11 Å². The number of esters is 1. The topological polar surface area (TPSA) is 80.4 Å². The van der Waals surface area contributed by atoms with E-state index < -0.39 is 5.54 Å². The normalized spacial score (nSPS) is 17.5. The highest BCUT2D eigenvalue weighted by Gasteiger charge is 2.37. The zero-order chi connectivity index (χ0) is 14.6. The second-order valence-electron chi connectivity index (χ2n) is 5.12. The molecule has 0 atom stereocenters. The Morgan fingerprint density at radius 2 is 2.15 bits per heavy atom. The first-order valence-electron chi connectivity index (χ1n) is 6.67. The number of rotatable bonds is 4. The molecule has 1 fully saturated rings. The smallest absolute Gasteiger partial charge is 0.307 e. The molecule has 2 rings (SSSR count). The number of aromatic amines is 1. The van der Waals surface area contributed by atoms with Crippen molar-refractivity contribution in [2.45, 2.75) is 31.7 Å². The summed E-state index contributed by atoms with van der Waals surface area (Å²) in [6.07, 6.45) is 3.11. The molecule has 1 aliphatic heterocycles. The van der Waals surface area contributed by atoms with Crippen molar-refractivity contribution >= 4 is 11.9 Å². The first kappa shape index (κ1) is 14.6. The highest BCUT2D eigenvalue weighted by atomic mass is 16.5. The average Bonchev–Trinajstić information content (AvgIpc) is 2.85. The largest absolute Gasteiger partial charge is 0.469 e. The van der Waals surface area contributed by atoms with Gasteiger partial charge in [0.15, 0.2) is 0 Å². The van der Waals surface area contributed by atoms with Gasteiger partial charge in [-0.25, -0.2) is 0 Å². The molecule has 0 aliphatic carbocycles. The molecule has 6 nitrogen and oxygen atoms in total. The van der Waals surface area contributed by atoms with Crippen LogP contribution in [0.3, 0.4) is 0 Å². The summed E-state index contributed by atoms with van der Waals surface area (Å²) in [6.45, 7) is 2.90. The monoisotopic (exact) mass is 280 g/mol. The van der Waals surface area contributed by atoms with Crippen molar-refractivity contribution in [2.24, 2.45) is 0 Å². The van der Waals surface area contributed by atoms with E-state index in [0.29, 0.717) is 31.6 Å². The third-order valence-corrected chi connectivity index (χ3v) is 3.74.